The molecule has 1 aliphatic heterocycles. The van der Waals surface area contributed by atoms with Crippen molar-refractivity contribution >= 4 is 0 Å². The fraction of sp³-hybridized carbons (Fsp3) is 0.760. The molecular formula is C25H39FO2. The lowest BCUT2D eigenvalue weighted by Gasteiger charge is -2.40. The first-order valence-electron chi connectivity index (χ1n) is 11.7. The Morgan fingerprint density at radius 3 is 2.29 bits per heavy atom. The van der Waals surface area contributed by atoms with Gasteiger partial charge in [0, 0.05) is 11.8 Å². The number of hydrogen-bond acceptors (Lipinski definition) is 2. The monoisotopic (exact) mass is 390 g/mol. The molecule has 2 nitrogen and oxygen atoms in total. The number of benzene rings is 1. The second kappa shape index (κ2) is 11.3. The third kappa shape index (κ3) is 6.29. The average molecular weight is 391 g/mol. The quantitative estimate of drug-likeness (QED) is 0.414. The van der Waals surface area contributed by atoms with Crippen molar-refractivity contribution in [3.63, 3.8) is 0 Å². The zero-order chi connectivity index (χ0) is 19.8. The predicted molar refractivity (Wildman–Crippen MR) is 113 cm³/mol. The van der Waals surface area contributed by atoms with Gasteiger partial charge >= 0.3 is 0 Å². The van der Waals surface area contributed by atoms with Crippen molar-refractivity contribution in [1.82, 2.24) is 0 Å². The molecule has 158 valence electrons. The molecule has 1 aromatic rings. The van der Waals surface area contributed by atoms with E-state index in [1.165, 1.54) is 50.5 Å². The molecule has 1 heterocycles. The first-order valence-corrected chi connectivity index (χ1v) is 11.7. The van der Waals surface area contributed by atoms with Crippen LogP contribution in [0.5, 0.6) is 0 Å². The molecule has 0 amide bonds. The summed E-state index contributed by atoms with van der Waals surface area (Å²) in [6, 6.07) is 7.06. The van der Waals surface area contributed by atoms with E-state index in [4.69, 9.17) is 9.47 Å². The molecule has 1 aliphatic carbocycles. The van der Waals surface area contributed by atoms with E-state index < -0.39 is 0 Å². The highest BCUT2D eigenvalue weighted by molar-refractivity contribution is 5.20. The van der Waals surface area contributed by atoms with Crippen LogP contribution in [-0.2, 0) is 9.47 Å². The van der Waals surface area contributed by atoms with Gasteiger partial charge in [0.05, 0.1) is 12.7 Å². The average Bonchev–Trinajstić information content (AvgIpc) is 2.72. The summed E-state index contributed by atoms with van der Waals surface area (Å²) in [5.74, 6) is 1.47. The Morgan fingerprint density at radius 2 is 1.61 bits per heavy atom. The molecule has 0 radical (unpaired) electrons. The molecule has 3 rings (SSSR count). The Balaban J connectivity index is 1.36. The van der Waals surface area contributed by atoms with E-state index in [0.29, 0.717) is 23.9 Å². The standard InChI is InChI=1S/C25H39FO2/c1-3-4-5-6-7-8-9-23-18-27-25(28-19(23)2)22-12-10-20(11-13-22)21-14-16-24(26)17-15-21/h14-17,19-20,22-23,25H,3-13,18H2,1-2H3/t19-,20?,22?,23+,25+/m1/s1. The number of halogens is 1. The van der Waals surface area contributed by atoms with Crippen LogP contribution in [0.1, 0.15) is 96.0 Å². The van der Waals surface area contributed by atoms with E-state index in [1.807, 2.05) is 12.1 Å². The van der Waals surface area contributed by atoms with Crippen LogP contribution in [0.15, 0.2) is 24.3 Å². The van der Waals surface area contributed by atoms with E-state index in [0.717, 1.165) is 32.3 Å². The third-order valence-electron chi connectivity index (χ3n) is 6.91. The van der Waals surface area contributed by atoms with Crippen molar-refractivity contribution < 1.29 is 13.9 Å². The van der Waals surface area contributed by atoms with Crippen molar-refractivity contribution in [2.24, 2.45) is 11.8 Å². The molecule has 0 bridgehead atoms. The lowest BCUT2D eigenvalue weighted by atomic mass is 9.78. The molecule has 3 heteroatoms. The van der Waals surface area contributed by atoms with Crippen LogP contribution >= 0.6 is 0 Å². The minimum atomic E-state index is -0.147. The minimum Gasteiger partial charge on any atom is -0.352 e. The maximum absolute atomic E-state index is 13.1. The maximum atomic E-state index is 13.1. The summed E-state index contributed by atoms with van der Waals surface area (Å²) < 4.78 is 25.6. The molecule has 2 aliphatic rings. The van der Waals surface area contributed by atoms with Crippen molar-refractivity contribution in [3.8, 4) is 0 Å². The highest BCUT2D eigenvalue weighted by Crippen LogP contribution is 2.40. The number of hydrogen-bond donors (Lipinski definition) is 0. The Labute approximate surface area is 171 Å². The van der Waals surface area contributed by atoms with Crippen molar-refractivity contribution in [2.45, 2.75) is 103 Å². The predicted octanol–water partition coefficient (Wildman–Crippen LogP) is 7.23. The van der Waals surface area contributed by atoms with Gasteiger partial charge in [0.1, 0.15) is 5.82 Å². The summed E-state index contributed by atoms with van der Waals surface area (Å²) in [6.45, 7) is 5.37. The zero-order valence-corrected chi connectivity index (χ0v) is 17.9. The Morgan fingerprint density at radius 1 is 0.929 bits per heavy atom. The fourth-order valence-electron chi connectivity index (χ4n) is 4.93. The van der Waals surface area contributed by atoms with Crippen molar-refractivity contribution in [2.75, 3.05) is 6.61 Å². The van der Waals surface area contributed by atoms with Crippen molar-refractivity contribution in [3.05, 3.63) is 35.6 Å². The highest BCUT2D eigenvalue weighted by Gasteiger charge is 2.35. The lowest BCUT2D eigenvalue weighted by molar-refractivity contribution is -0.257. The maximum Gasteiger partial charge on any atom is 0.160 e. The smallest absolute Gasteiger partial charge is 0.160 e. The number of ether oxygens (including phenoxy) is 2. The fourth-order valence-corrected chi connectivity index (χ4v) is 4.93. The lowest BCUT2D eigenvalue weighted by Crippen LogP contribution is -2.42. The summed E-state index contributed by atoms with van der Waals surface area (Å²) in [5, 5.41) is 0. The SMILES string of the molecule is CCCCCCCC[C@H]1CO[C@H](C2CCC(c3ccc(F)cc3)CC2)O[C@@H]1C. The molecule has 1 saturated heterocycles. The van der Waals surface area contributed by atoms with Gasteiger partial charge < -0.3 is 9.47 Å². The topological polar surface area (TPSA) is 18.5 Å². The summed E-state index contributed by atoms with van der Waals surface area (Å²) in [7, 11) is 0. The van der Waals surface area contributed by atoms with Gasteiger partial charge in [-0.15, -0.1) is 0 Å². The van der Waals surface area contributed by atoms with Crippen LogP contribution in [0.25, 0.3) is 0 Å². The Bertz CT molecular complexity index is 550. The summed E-state index contributed by atoms with van der Waals surface area (Å²) in [4.78, 5) is 0. The highest BCUT2D eigenvalue weighted by atomic mass is 19.1. The summed E-state index contributed by atoms with van der Waals surface area (Å²) in [6.07, 6.45) is 14.2. The van der Waals surface area contributed by atoms with Gasteiger partial charge in [-0.3, -0.25) is 0 Å². The van der Waals surface area contributed by atoms with Gasteiger partial charge in [-0.1, -0.05) is 57.6 Å². The normalized spacial score (nSPS) is 31.0. The summed E-state index contributed by atoms with van der Waals surface area (Å²) >= 11 is 0. The minimum absolute atomic E-state index is 0.0232. The molecule has 28 heavy (non-hydrogen) atoms. The molecule has 3 atom stereocenters. The van der Waals surface area contributed by atoms with Crippen LogP contribution in [0, 0.1) is 17.7 Å². The number of unbranched alkanes of at least 4 members (excludes halogenated alkanes) is 5. The first-order chi connectivity index (χ1) is 13.7. The third-order valence-corrected chi connectivity index (χ3v) is 6.91. The largest absolute Gasteiger partial charge is 0.352 e. The molecule has 0 spiro atoms. The van der Waals surface area contributed by atoms with Gasteiger partial charge in [0.25, 0.3) is 0 Å². The van der Waals surface area contributed by atoms with E-state index >= 15 is 0 Å². The molecule has 1 aromatic carbocycles. The Kier molecular flexibility index (Phi) is 8.79. The second-order valence-corrected chi connectivity index (χ2v) is 9.02. The van der Waals surface area contributed by atoms with Crippen LogP contribution in [-0.4, -0.2) is 19.0 Å². The summed E-state index contributed by atoms with van der Waals surface area (Å²) in [5.41, 5.74) is 1.28. The molecule has 2 fully saturated rings. The van der Waals surface area contributed by atoms with Gasteiger partial charge in [0.2, 0.25) is 0 Å². The van der Waals surface area contributed by atoms with Gasteiger partial charge in [-0.2, -0.15) is 0 Å². The van der Waals surface area contributed by atoms with Gasteiger partial charge in [-0.25, -0.2) is 4.39 Å². The van der Waals surface area contributed by atoms with E-state index in [-0.39, 0.29) is 12.1 Å². The Hall–Kier alpha value is -0.930. The van der Waals surface area contributed by atoms with Crippen molar-refractivity contribution in [1.29, 1.82) is 0 Å². The molecule has 0 unspecified atom stereocenters. The van der Waals surface area contributed by atoms with Crippen LogP contribution in [0.2, 0.25) is 0 Å². The van der Waals surface area contributed by atoms with E-state index in [9.17, 15) is 4.39 Å². The zero-order valence-electron chi connectivity index (χ0n) is 17.9. The number of rotatable bonds is 9. The molecule has 0 N–H and O–H groups in total. The van der Waals surface area contributed by atoms with Gasteiger partial charge in [-0.05, 0) is 62.6 Å². The molecule has 1 saturated carbocycles. The van der Waals surface area contributed by atoms with Crippen LogP contribution < -0.4 is 0 Å². The van der Waals surface area contributed by atoms with Gasteiger partial charge in [0.15, 0.2) is 6.29 Å². The van der Waals surface area contributed by atoms with E-state index in [1.54, 1.807) is 12.1 Å². The van der Waals surface area contributed by atoms with Crippen LogP contribution in [0.4, 0.5) is 4.39 Å². The molecule has 0 aromatic heterocycles. The van der Waals surface area contributed by atoms with E-state index in [2.05, 4.69) is 13.8 Å². The molecular weight excluding hydrogens is 351 g/mol. The second-order valence-electron chi connectivity index (χ2n) is 9.02. The first kappa shape index (κ1) is 21.8. The van der Waals surface area contributed by atoms with Crippen LogP contribution in [0.3, 0.4) is 0 Å².